The molecule has 3 N–H and O–H groups in total. The second-order valence-electron chi connectivity index (χ2n) is 5.40. The van der Waals surface area contributed by atoms with Crippen molar-refractivity contribution in [2.24, 2.45) is 5.41 Å². The number of nitrogens with one attached hydrogen (secondary N) is 1. The van der Waals surface area contributed by atoms with Crippen LogP contribution < -0.4 is 15.2 Å². The summed E-state index contributed by atoms with van der Waals surface area (Å²) in [6.07, 6.45) is 3.28. The maximum absolute atomic E-state index is 12.3. The van der Waals surface area contributed by atoms with Crippen LogP contribution in [0.4, 0.5) is 5.69 Å². The van der Waals surface area contributed by atoms with E-state index in [4.69, 9.17) is 10.5 Å². The van der Waals surface area contributed by atoms with Crippen molar-refractivity contribution >= 4 is 15.7 Å². The summed E-state index contributed by atoms with van der Waals surface area (Å²) in [5.41, 5.74) is 6.13. The molecule has 0 radical (unpaired) electrons. The molecule has 0 aromatic heterocycles. The van der Waals surface area contributed by atoms with Crippen LogP contribution in [0.2, 0.25) is 0 Å². The molecule has 5 nitrogen and oxygen atoms in total. The van der Waals surface area contributed by atoms with E-state index >= 15 is 0 Å². The zero-order valence-electron chi connectivity index (χ0n) is 11.3. The Labute approximate surface area is 114 Å². The number of methoxy groups -OCH3 is 1. The molecule has 0 amide bonds. The zero-order chi connectivity index (χ0) is 14.1. The highest BCUT2D eigenvalue weighted by atomic mass is 32.2. The van der Waals surface area contributed by atoms with Crippen LogP contribution in [0.25, 0.3) is 0 Å². The number of ether oxygens (including phenoxy) is 1. The first-order valence-electron chi connectivity index (χ1n) is 6.29. The highest BCUT2D eigenvalue weighted by molar-refractivity contribution is 7.89. The van der Waals surface area contributed by atoms with Crippen molar-refractivity contribution in [3.05, 3.63) is 18.2 Å². The Kier molecular flexibility index (Phi) is 3.73. The van der Waals surface area contributed by atoms with Gasteiger partial charge in [0, 0.05) is 12.2 Å². The predicted molar refractivity (Wildman–Crippen MR) is 74.6 cm³/mol. The average molecular weight is 284 g/mol. The SMILES string of the molecule is COc1ccc(N)cc1S(=O)(=O)NCC1(C)CCC1. The van der Waals surface area contributed by atoms with Gasteiger partial charge < -0.3 is 10.5 Å². The molecule has 0 aliphatic heterocycles. The van der Waals surface area contributed by atoms with Gasteiger partial charge >= 0.3 is 0 Å². The van der Waals surface area contributed by atoms with Gasteiger partial charge in [0.2, 0.25) is 10.0 Å². The van der Waals surface area contributed by atoms with Crippen molar-refractivity contribution in [3.63, 3.8) is 0 Å². The van der Waals surface area contributed by atoms with Crippen LogP contribution >= 0.6 is 0 Å². The number of rotatable bonds is 5. The summed E-state index contributed by atoms with van der Waals surface area (Å²) in [7, 11) is -2.15. The highest BCUT2D eigenvalue weighted by Gasteiger charge is 2.33. The van der Waals surface area contributed by atoms with Gasteiger partial charge in [-0.05, 0) is 36.5 Å². The molecular formula is C13H20N2O3S. The molecule has 1 aromatic rings. The van der Waals surface area contributed by atoms with E-state index in [1.165, 1.54) is 19.6 Å². The van der Waals surface area contributed by atoms with Crippen molar-refractivity contribution in [1.29, 1.82) is 0 Å². The van der Waals surface area contributed by atoms with Gasteiger partial charge in [0.1, 0.15) is 10.6 Å². The first-order chi connectivity index (χ1) is 8.86. The van der Waals surface area contributed by atoms with Crippen LogP contribution in [0, 0.1) is 5.41 Å². The Morgan fingerprint density at radius 2 is 2.11 bits per heavy atom. The Bertz CT molecular complexity index is 565. The molecule has 1 saturated carbocycles. The molecule has 0 unspecified atom stereocenters. The maximum atomic E-state index is 12.3. The molecule has 0 bridgehead atoms. The number of hydrogen-bond acceptors (Lipinski definition) is 4. The minimum Gasteiger partial charge on any atom is -0.495 e. The molecule has 1 fully saturated rings. The summed E-state index contributed by atoms with van der Waals surface area (Å²) >= 11 is 0. The number of hydrogen-bond donors (Lipinski definition) is 2. The van der Waals surface area contributed by atoms with Gasteiger partial charge in [-0.25, -0.2) is 13.1 Å². The van der Waals surface area contributed by atoms with E-state index in [1.807, 2.05) is 0 Å². The molecule has 6 heteroatoms. The summed E-state index contributed by atoms with van der Waals surface area (Å²) < 4.78 is 32.3. The van der Waals surface area contributed by atoms with Crippen LogP contribution in [0.15, 0.2) is 23.1 Å². The number of nitrogens with two attached hydrogens (primary N) is 1. The van der Waals surface area contributed by atoms with Gasteiger partial charge in [-0.15, -0.1) is 0 Å². The van der Waals surface area contributed by atoms with Gasteiger partial charge in [0.15, 0.2) is 0 Å². The number of benzene rings is 1. The third kappa shape index (κ3) is 3.01. The molecule has 1 aromatic carbocycles. The summed E-state index contributed by atoms with van der Waals surface area (Å²) in [5, 5.41) is 0. The fourth-order valence-electron chi connectivity index (χ4n) is 2.21. The topological polar surface area (TPSA) is 81.4 Å². The average Bonchev–Trinajstić information content (AvgIpc) is 2.34. The second-order valence-corrected chi connectivity index (χ2v) is 7.13. The minimum absolute atomic E-state index is 0.0840. The van der Waals surface area contributed by atoms with E-state index in [0.29, 0.717) is 18.0 Å². The molecule has 0 heterocycles. The number of nitrogen functional groups attached to an aromatic ring is 1. The number of anilines is 1. The smallest absolute Gasteiger partial charge is 0.244 e. The summed E-state index contributed by atoms with van der Waals surface area (Å²) in [4.78, 5) is 0.0953. The zero-order valence-corrected chi connectivity index (χ0v) is 12.1. The fourth-order valence-corrected chi connectivity index (χ4v) is 3.61. The molecule has 1 aliphatic carbocycles. The van der Waals surface area contributed by atoms with Crippen molar-refractivity contribution in [2.45, 2.75) is 31.1 Å². The molecule has 106 valence electrons. The predicted octanol–water partition coefficient (Wildman–Crippen LogP) is 1.75. The maximum Gasteiger partial charge on any atom is 0.244 e. The van der Waals surface area contributed by atoms with E-state index in [-0.39, 0.29) is 10.3 Å². The van der Waals surface area contributed by atoms with E-state index in [1.54, 1.807) is 12.1 Å². The molecule has 1 aliphatic rings. The van der Waals surface area contributed by atoms with Gasteiger partial charge in [0.05, 0.1) is 7.11 Å². The molecule has 0 spiro atoms. The first-order valence-corrected chi connectivity index (χ1v) is 7.78. The van der Waals surface area contributed by atoms with Crippen molar-refractivity contribution in [3.8, 4) is 5.75 Å². The molecule has 2 rings (SSSR count). The van der Waals surface area contributed by atoms with E-state index in [9.17, 15) is 8.42 Å². The molecule has 0 saturated heterocycles. The lowest BCUT2D eigenvalue weighted by Crippen LogP contribution is -2.40. The van der Waals surface area contributed by atoms with E-state index < -0.39 is 10.0 Å². The minimum atomic E-state index is -3.59. The van der Waals surface area contributed by atoms with Gasteiger partial charge in [-0.3, -0.25) is 0 Å². The Balaban J connectivity index is 2.21. The Morgan fingerprint density at radius 1 is 1.42 bits per heavy atom. The lowest BCUT2D eigenvalue weighted by Gasteiger charge is -2.38. The standard InChI is InChI=1S/C13H20N2O3S/c1-13(6-3-7-13)9-15-19(16,17)12-8-10(14)4-5-11(12)18-2/h4-5,8,15H,3,6-7,9,14H2,1-2H3. The van der Waals surface area contributed by atoms with Crippen molar-refractivity contribution in [2.75, 3.05) is 19.4 Å². The third-order valence-electron chi connectivity index (χ3n) is 3.73. The lowest BCUT2D eigenvalue weighted by atomic mass is 9.71. The second kappa shape index (κ2) is 5.02. The van der Waals surface area contributed by atoms with Gasteiger partial charge in [-0.2, -0.15) is 0 Å². The van der Waals surface area contributed by atoms with Crippen LogP contribution in [0.1, 0.15) is 26.2 Å². The first kappa shape index (κ1) is 14.1. The van der Waals surface area contributed by atoms with E-state index in [2.05, 4.69) is 11.6 Å². The van der Waals surface area contributed by atoms with E-state index in [0.717, 1.165) is 12.8 Å². The van der Waals surface area contributed by atoms with Gasteiger partial charge in [-0.1, -0.05) is 13.3 Å². The van der Waals surface area contributed by atoms with Crippen LogP contribution in [-0.4, -0.2) is 22.1 Å². The normalized spacial score (nSPS) is 17.8. The van der Waals surface area contributed by atoms with Crippen LogP contribution in [-0.2, 0) is 10.0 Å². The van der Waals surface area contributed by atoms with Crippen molar-refractivity contribution < 1.29 is 13.2 Å². The summed E-state index contributed by atoms with van der Waals surface area (Å²) in [5.74, 6) is 0.306. The van der Waals surface area contributed by atoms with Gasteiger partial charge in [0.25, 0.3) is 0 Å². The third-order valence-corrected chi connectivity index (χ3v) is 5.15. The van der Waals surface area contributed by atoms with Crippen LogP contribution in [0.5, 0.6) is 5.75 Å². The molecular weight excluding hydrogens is 264 g/mol. The Morgan fingerprint density at radius 3 is 2.63 bits per heavy atom. The van der Waals surface area contributed by atoms with Crippen molar-refractivity contribution in [1.82, 2.24) is 4.72 Å². The quantitative estimate of drug-likeness (QED) is 0.807. The largest absolute Gasteiger partial charge is 0.495 e. The summed E-state index contributed by atoms with van der Waals surface area (Å²) in [6, 6.07) is 4.60. The monoisotopic (exact) mass is 284 g/mol. The Hall–Kier alpha value is -1.27. The molecule has 0 atom stereocenters. The number of sulfonamides is 1. The summed E-state index contributed by atoms with van der Waals surface area (Å²) in [6.45, 7) is 2.54. The highest BCUT2D eigenvalue weighted by Crippen LogP contribution is 2.39. The lowest BCUT2D eigenvalue weighted by molar-refractivity contribution is 0.166. The van der Waals surface area contributed by atoms with Crippen LogP contribution in [0.3, 0.4) is 0 Å². The fraction of sp³-hybridized carbons (Fsp3) is 0.538. The molecule has 19 heavy (non-hydrogen) atoms.